The number of aryl methyl sites for hydroxylation is 1. The van der Waals surface area contributed by atoms with E-state index < -0.39 is 17.7 Å². The van der Waals surface area contributed by atoms with Crippen molar-refractivity contribution in [3.8, 4) is 11.1 Å². The van der Waals surface area contributed by atoms with Gasteiger partial charge in [-0.1, -0.05) is 49.4 Å². The summed E-state index contributed by atoms with van der Waals surface area (Å²) < 4.78 is 28.7. The molecule has 2 aromatic carbocycles. The highest BCUT2D eigenvalue weighted by molar-refractivity contribution is 5.95. The summed E-state index contributed by atoms with van der Waals surface area (Å²) in [5.41, 5.74) is 2.49. The number of rotatable bonds is 7. The number of nitrogens with zero attached hydrogens (tertiary/aromatic N) is 3. The number of halogens is 2. The molecule has 0 aliphatic rings. The lowest BCUT2D eigenvalue weighted by Crippen LogP contribution is -2.11. The number of aromatic carboxylic acids is 1. The molecule has 0 aliphatic carbocycles. The fourth-order valence-corrected chi connectivity index (χ4v) is 2.98. The molecule has 0 bridgehead atoms. The van der Waals surface area contributed by atoms with Gasteiger partial charge in [0.05, 0.1) is 12.1 Å². The third-order valence-corrected chi connectivity index (χ3v) is 4.37. The minimum atomic E-state index is -3.09. The predicted molar refractivity (Wildman–Crippen MR) is 102 cm³/mol. The molecular weight excluding hydrogens is 364 g/mol. The number of aromatic nitrogens is 3. The van der Waals surface area contributed by atoms with Gasteiger partial charge in [-0.25, -0.2) is 14.5 Å². The van der Waals surface area contributed by atoms with E-state index in [1.54, 1.807) is 24.3 Å². The maximum absolute atomic E-state index is 13.6. The van der Waals surface area contributed by atoms with Gasteiger partial charge in [0.15, 0.2) is 0 Å². The summed E-state index contributed by atoms with van der Waals surface area (Å²) >= 11 is 0. The summed E-state index contributed by atoms with van der Waals surface area (Å²) in [5.74, 6) is -4.01. The summed E-state index contributed by atoms with van der Waals surface area (Å²) in [5, 5.41) is 13.3. The van der Waals surface area contributed by atoms with Crippen molar-refractivity contribution in [1.82, 2.24) is 14.8 Å². The van der Waals surface area contributed by atoms with Crippen LogP contribution in [0.15, 0.2) is 48.5 Å². The van der Waals surface area contributed by atoms with Crippen LogP contribution in [0.3, 0.4) is 0 Å². The zero-order valence-corrected chi connectivity index (χ0v) is 15.7. The van der Waals surface area contributed by atoms with Crippen molar-refractivity contribution in [3.05, 3.63) is 71.3 Å². The van der Waals surface area contributed by atoms with Crippen LogP contribution in [0.5, 0.6) is 0 Å². The average molecular weight is 385 g/mol. The van der Waals surface area contributed by atoms with Crippen LogP contribution in [-0.4, -0.2) is 25.8 Å². The molecule has 146 valence electrons. The number of carboxylic acid groups (broad SMARTS) is 1. The van der Waals surface area contributed by atoms with Gasteiger partial charge in [-0.05, 0) is 29.2 Å². The smallest absolute Gasteiger partial charge is 0.336 e. The summed E-state index contributed by atoms with van der Waals surface area (Å²) in [6.45, 7) is 3.06. The predicted octanol–water partition coefficient (Wildman–Crippen LogP) is 4.76. The van der Waals surface area contributed by atoms with Crippen LogP contribution in [0.4, 0.5) is 8.78 Å². The molecule has 0 aliphatic heterocycles. The van der Waals surface area contributed by atoms with Gasteiger partial charge in [-0.2, -0.15) is 8.78 Å². The second-order valence-electron chi connectivity index (χ2n) is 6.70. The van der Waals surface area contributed by atoms with Crippen LogP contribution in [0.25, 0.3) is 11.1 Å². The van der Waals surface area contributed by atoms with Crippen molar-refractivity contribution < 1.29 is 18.7 Å². The molecule has 3 aromatic rings. The Kier molecular flexibility index (Phi) is 5.53. The molecule has 0 spiro atoms. The molecule has 0 amide bonds. The van der Waals surface area contributed by atoms with Gasteiger partial charge in [0, 0.05) is 13.3 Å². The first-order valence-electron chi connectivity index (χ1n) is 9.03. The van der Waals surface area contributed by atoms with Gasteiger partial charge in [0.25, 0.3) is 0 Å². The second kappa shape index (κ2) is 7.88. The molecule has 28 heavy (non-hydrogen) atoms. The van der Waals surface area contributed by atoms with E-state index in [1.165, 1.54) is 4.68 Å². The zero-order valence-electron chi connectivity index (χ0n) is 15.7. The summed E-state index contributed by atoms with van der Waals surface area (Å²) in [7, 11) is 0. The maximum atomic E-state index is 13.6. The van der Waals surface area contributed by atoms with Gasteiger partial charge in [0.1, 0.15) is 5.82 Å². The standard InChI is InChI=1S/C21H21F2N3O2/c1-3-6-18-24-20(21(2,22)23)25-26(18)13-14-9-11-15(12-10-14)16-7-4-5-8-17(16)19(27)28/h4-5,7-12H,3,6,13H2,1-2H3,(H,27,28). The van der Waals surface area contributed by atoms with E-state index >= 15 is 0 Å². The molecule has 0 saturated heterocycles. The number of benzene rings is 2. The molecule has 5 nitrogen and oxygen atoms in total. The molecule has 3 rings (SSSR count). The first kappa shape index (κ1) is 19.7. The Balaban J connectivity index is 1.88. The largest absolute Gasteiger partial charge is 0.478 e. The number of hydrogen-bond acceptors (Lipinski definition) is 3. The van der Waals surface area contributed by atoms with E-state index in [-0.39, 0.29) is 5.56 Å². The minimum absolute atomic E-state index is 0.228. The lowest BCUT2D eigenvalue weighted by Gasteiger charge is -2.09. The van der Waals surface area contributed by atoms with E-state index in [0.29, 0.717) is 24.4 Å². The van der Waals surface area contributed by atoms with E-state index in [9.17, 15) is 18.7 Å². The van der Waals surface area contributed by atoms with Crippen molar-refractivity contribution in [2.24, 2.45) is 0 Å². The molecule has 0 fully saturated rings. The van der Waals surface area contributed by atoms with Crippen molar-refractivity contribution >= 4 is 5.97 Å². The number of alkyl halides is 2. The highest BCUT2D eigenvalue weighted by Crippen LogP contribution is 2.26. The Labute approximate surface area is 161 Å². The highest BCUT2D eigenvalue weighted by Gasteiger charge is 2.31. The molecule has 0 atom stereocenters. The van der Waals surface area contributed by atoms with E-state index in [2.05, 4.69) is 10.1 Å². The van der Waals surface area contributed by atoms with Crippen LogP contribution in [0.2, 0.25) is 0 Å². The van der Waals surface area contributed by atoms with Crippen molar-refractivity contribution in [2.75, 3.05) is 0 Å². The van der Waals surface area contributed by atoms with E-state index in [1.807, 2.05) is 31.2 Å². The molecule has 1 N–H and O–H groups in total. The highest BCUT2D eigenvalue weighted by atomic mass is 19.3. The maximum Gasteiger partial charge on any atom is 0.336 e. The summed E-state index contributed by atoms with van der Waals surface area (Å²) in [6.07, 6.45) is 1.34. The molecule has 7 heteroatoms. The van der Waals surface area contributed by atoms with Crippen molar-refractivity contribution in [2.45, 2.75) is 39.2 Å². The first-order chi connectivity index (χ1) is 13.3. The van der Waals surface area contributed by atoms with Crippen molar-refractivity contribution in [3.63, 3.8) is 0 Å². The quantitative estimate of drug-likeness (QED) is 0.637. The van der Waals surface area contributed by atoms with E-state index in [4.69, 9.17) is 0 Å². The number of carboxylic acids is 1. The number of hydrogen-bond donors (Lipinski definition) is 1. The van der Waals surface area contributed by atoms with Gasteiger partial charge < -0.3 is 5.11 Å². The third-order valence-electron chi connectivity index (χ3n) is 4.37. The lowest BCUT2D eigenvalue weighted by molar-refractivity contribution is 0.00755. The normalized spacial score (nSPS) is 11.6. The Hall–Kier alpha value is -3.09. The minimum Gasteiger partial charge on any atom is -0.478 e. The fraction of sp³-hybridized carbons (Fsp3) is 0.286. The molecule has 0 unspecified atom stereocenters. The Morgan fingerprint density at radius 3 is 2.43 bits per heavy atom. The summed E-state index contributed by atoms with van der Waals surface area (Å²) in [4.78, 5) is 15.4. The molecule has 0 radical (unpaired) electrons. The van der Waals surface area contributed by atoms with Crippen LogP contribution in [0.1, 0.15) is 47.8 Å². The molecule has 1 heterocycles. The third kappa shape index (κ3) is 4.24. The van der Waals surface area contributed by atoms with Gasteiger partial charge in [-0.15, -0.1) is 5.10 Å². The zero-order chi connectivity index (χ0) is 20.3. The monoisotopic (exact) mass is 385 g/mol. The van der Waals surface area contributed by atoms with Crippen LogP contribution in [0, 0.1) is 0 Å². The molecular formula is C21H21F2N3O2. The Morgan fingerprint density at radius 2 is 1.82 bits per heavy atom. The van der Waals surface area contributed by atoms with Gasteiger partial charge in [-0.3, -0.25) is 0 Å². The number of carbonyl (C=O) groups is 1. The van der Waals surface area contributed by atoms with Gasteiger partial charge >= 0.3 is 11.9 Å². The molecule has 1 aromatic heterocycles. The Bertz CT molecular complexity index is 976. The lowest BCUT2D eigenvalue weighted by atomic mass is 9.99. The van der Waals surface area contributed by atoms with Crippen molar-refractivity contribution in [1.29, 1.82) is 0 Å². The van der Waals surface area contributed by atoms with Crippen LogP contribution < -0.4 is 0 Å². The topological polar surface area (TPSA) is 68.0 Å². The van der Waals surface area contributed by atoms with E-state index in [0.717, 1.165) is 24.5 Å². The average Bonchev–Trinajstić information content (AvgIpc) is 3.06. The fourth-order valence-electron chi connectivity index (χ4n) is 2.98. The second-order valence-corrected chi connectivity index (χ2v) is 6.70. The molecule has 0 saturated carbocycles. The first-order valence-corrected chi connectivity index (χ1v) is 9.03. The summed E-state index contributed by atoms with van der Waals surface area (Å²) in [6, 6.07) is 14.1. The Morgan fingerprint density at radius 1 is 1.14 bits per heavy atom. The van der Waals surface area contributed by atoms with Gasteiger partial charge in [0.2, 0.25) is 5.82 Å². The SMILES string of the molecule is CCCc1nc(C(C)(F)F)nn1Cc1ccc(-c2ccccc2C(=O)O)cc1. The van der Waals surface area contributed by atoms with Crippen LogP contribution >= 0.6 is 0 Å². The van der Waals surface area contributed by atoms with Crippen LogP contribution in [-0.2, 0) is 18.9 Å².